The summed E-state index contributed by atoms with van der Waals surface area (Å²) in [5, 5.41) is 7.21. The van der Waals surface area contributed by atoms with Crippen molar-refractivity contribution in [1.82, 2.24) is 5.32 Å². The van der Waals surface area contributed by atoms with Crippen LogP contribution in [0, 0.1) is 6.92 Å². The van der Waals surface area contributed by atoms with Gasteiger partial charge in [0, 0.05) is 17.3 Å². The Morgan fingerprint density at radius 3 is 2.75 bits per heavy atom. The summed E-state index contributed by atoms with van der Waals surface area (Å²) < 4.78 is 0. The van der Waals surface area contributed by atoms with Gasteiger partial charge in [0.2, 0.25) is 0 Å². The lowest BCUT2D eigenvalue weighted by Gasteiger charge is -2.37. The van der Waals surface area contributed by atoms with Crippen molar-refractivity contribution in [3.05, 3.63) is 29.8 Å². The molecule has 2 heteroatoms. The van der Waals surface area contributed by atoms with Gasteiger partial charge < -0.3 is 10.6 Å². The van der Waals surface area contributed by atoms with Crippen LogP contribution in [0.4, 0.5) is 5.69 Å². The molecule has 1 heterocycles. The van der Waals surface area contributed by atoms with Gasteiger partial charge in [-0.05, 0) is 51.8 Å². The van der Waals surface area contributed by atoms with Crippen molar-refractivity contribution in [2.75, 3.05) is 11.9 Å². The highest BCUT2D eigenvalue weighted by Gasteiger charge is 2.27. The van der Waals surface area contributed by atoms with E-state index in [1.165, 1.54) is 24.1 Å². The van der Waals surface area contributed by atoms with Crippen LogP contribution >= 0.6 is 0 Å². The molecule has 88 valence electrons. The second-order valence-electron chi connectivity index (χ2n) is 5.46. The molecule has 0 aromatic heterocycles. The summed E-state index contributed by atoms with van der Waals surface area (Å²) in [4.78, 5) is 0. The van der Waals surface area contributed by atoms with Crippen molar-refractivity contribution in [2.24, 2.45) is 0 Å². The quantitative estimate of drug-likeness (QED) is 0.797. The monoisotopic (exact) mass is 218 g/mol. The number of hydrogen-bond donors (Lipinski definition) is 2. The van der Waals surface area contributed by atoms with Crippen molar-refractivity contribution < 1.29 is 0 Å². The van der Waals surface area contributed by atoms with E-state index >= 15 is 0 Å². The Morgan fingerprint density at radius 1 is 1.31 bits per heavy atom. The molecule has 0 spiro atoms. The lowest BCUT2D eigenvalue weighted by atomic mass is 9.89. The third-order valence-electron chi connectivity index (χ3n) is 3.36. The van der Waals surface area contributed by atoms with Gasteiger partial charge >= 0.3 is 0 Å². The molecule has 1 unspecified atom stereocenters. The van der Waals surface area contributed by atoms with Gasteiger partial charge in [0.25, 0.3) is 0 Å². The number of benzene rings is 1. The van der Waals surface area contributed by atoms with Gasteiger partial charge in [0.05, 0.1) is 0 Å². The zero-order valence-corrected chi connectivity index (χ0v) is 10.5. The van der Waals surface area contributed by atoms with Crippen LogP contribution < -0.4 is 10.6 Å². The van der Waals surface area contributed by atoms with Gasteiger partial charge in [-0.2, -0.15) is 0 Å². The zero-order valence-electron chi connectivity index (χ0n) is 10.5. The predicted molar refractivity (Wildman–Crippen MR) is 69.9 cm³/mol. The van der Waals surface area contributed by atoms with E-state index < -0.39 is 0 Å². The second-order valence-corrected chi connectivity index (χ2v) is 5.46. The molecule has 1 aromatic carbocycles. The highest BCUT2D eigenvalue weighted by Crippen LogP contribution is 2.23. The molecular weight excluding hydrogens is 196 g/mol. The minimum Gasteiger partial charge on any atom is -0.382 e. The summed E-state index contributed by atoms with van der Waals surface area (Å²) in [6, 6.07) is 9.12. The fourth-order valence-electron chi connectivity index (χ4n) is 2.45. The van der Waals surface area contributed by atoms with Crippen molar-refractivity contribution in [2.45, 2.75) is 45.2 Å². The summed E-state index contributed by atoms with van der Waals surface area (Å²) >= 11 is 0. The smallest absolute Gasteiger partial charge is 0.0372 e. The lowest BCUT2D eigenvalue weighted by Crippen LogP contribution is -2.50. The van der Waals surface area contributed by atoms with Crippen molar-refractivity contribution in [3.8, 4) is 0 Å². The molecule has 0 amide bonds. The number of hydrogen-bond acceptors (Lipinski definition) is 2. The van der Waals surface area contributed by atoms with Crippen LogP contribution in [0.1, 0.15) is 32.3 Å². The first-order valence-corrected chi connectivity index (χ1v) is 6.14. The van der Waals surface area contributed by atoms with E-state index in [1.807, 2.05) is 0 Å². The van der Waals surface area contributed by atoms with E-state index in [9.17, 15) is 0 Å². The Hall–Kier alpha value is -1.02. The molecule has 2 rings (SSSR count). The van der Waals surface area contributed by atoms with Crippen LogP contribution in [-0.4, -0.2) is 18.1 Å². The number of aryl methyl sites for hydroxylation is 1. The van der Waals surface area contributed by atoms with E-state index in [2.05, 4.69) is 55.7 Å². The Labute approximate surface area is 98.4 Å². The molecule has 1 aliphatic rings. The predicted octanol–water partition coefficient (Wildman–Crippen LogP) is 2.94. The summed E-state index contributed by atoms with van der Waals surface area (Å²) in [7, 11) is 0. The molecule has 0 saturated carbocycles. The van der Waals surface area contributed by atoms with Crippen LogP contribution in [0.25, 0.3) is 0 Å². The largest absolute Gasteiger partial charge is 0.382 e. The van der Waals surface area contributed by atoms with Gasteiger partial charge in [-0.1, -0.05) is 18.2 Å². The number of anilines is 1. The topological polar surface area (TPSA) is 24.1 Å². The SMILES string of the molecule is Cc1ccccc1NC1CCNC(C)(C)C1. The Kier molecular flexibility index (Phi) is 3.20. The standard InChI is InChI=1S/C14H22N2/c1-11-6-4-5-7-13(11)16-12-8-9-15-14(2,3)10-12/h4-7,12,15-16H,8-10H2,1-3H3. The molecule has 1 saturated heterocycles. The minimum absolute atomic E-state index is 0.263. The molecule has 1 atom stereocenters. The van der Waals surface area contributed by atoms with Gasteiger partial charge in [0.15, 0.2) is 0 Å². The first kappa shape index (κ1) is 11.5. The summed E-state index contributed by atoms with van der Waals surface area (Å²) in [6.07, 6.45) is 2.39. The summed E-state index contributed by atoms with van der Waals surface area (Å²) in [5.41, 5.74) is 2.88. The number of nitrogens with one attached hydrogen (secondary N) is 2. The number of rotatable bonds is 2. The van der Waals surface area contributed by atoms with E-state index in [4.69, 9.17) is 0 Å². The van der Waals surface area contributed by atoms with E-state index in [1.54, 1.807) is 0 Å². The maximum Gasteiger partial charge on any atom is 0.0372 e. The molecule has 2 nitrogen and oxygen atoms in total. The van der Waals surface area contributed by atoms with Crippen LogP contribution in [0.3, 0.4) is 0 Å². The lowest BCUT2D eigenvalue weighted by molar-refractivity contribution is 0.286. The van der Waals surface area contributed by atoms with Gasteiger partial charge in [-0.3, -0.25) is 0 Å². The number of piperidine rings is 1. The second kappa shape index (κ2) is 4.46. The zero-order chi connectivity index (χ0) is 11.6. The van der Waals surface area contributed by atoms with Crippen LogP contribution in [0.15, 0.2) is 24.3 Å². The maximum absolute atomic E-state index is 3.66. The first-order chi connectivity index (χ1) is 7.57. The van der Waals surface area contributed by atoms with Crippen LogP contribution in [0.5, 0.6) is 0 Å². The minimum atomic E-state index is 0.263. The third-order valence-corrected chi connectivity index (χ3v) is 3.36. The maximum atomic E-state index is 3.66. The van der Waals surface area contributed by atoms with Gasteiger partial charge in [0.1, 0.15) is 0 Å². The van der Waals surface area contributed by atoms with Crippen LogP contribution in [0.2, 0.25) is 0 Å². The van der Waals surface area contributed by atoms with E-state index in [-0.39, 0.29) is 5.54 Å². The molecule has 16 heavy (non-hydrogen) atoms. The van der Waals surface area contributed by atoms with Crippen molar-refractivity contribution >= 4 is 5.69 Å². The highest BCUT2D eigenvalue weighted by molar-refractivity contribution is 5.51. The van der Waals surface area contributed by atoms with Crippen molar-refractivity contribution in [3.63, 3.8) is 0 Å². The molecule has 1 aromatic rings. The first-order valence-electron chi connectivity index (χ1n) is 6.14. The Bertz CT molecular complexity index is 358. The van der Waals surface area contributed by atoms with Gasteiger partial charge in [-0.25, -0.2) is 0 Å². The summed E-state index contributed by atoms with van der Waals surface area (Å²) in [5.74, 6) is 0. The van der Waals surface area contributed by atoms with Crippen LogP contribution in [-0.2, 0) is 0 Å². The highest BCUT2D eigenvalue weighted by atomic mass is 15.0. The average Bonchev–Trinajstić information content (AvgIpc) is 2.20. The number of para-hydroxylation sites is 1. The van der Waals surface area contributed by atoms with E-state index in [0.717, 1.165) is 6.54 Å². The normalized spacial score (nSPS) is 24.1. The molecule has 0 radical (unpaired) electrons. The molecule has 2 N–H and O–H groups in total. The fourth-order valence-corrected chi connectivity index (χ4v) is 2.45. The molecule has 0 aliphatic carbocycles. The molecule has 1 aliphatic heterocycles. The average molecular weight is 218 g/mol. The van der Waals surface area contributed by atoms with Gasteiger partial charge in [-0.15, -0.1) is 0 Å². The summed E-state index contributed by atoms with van der Waals surface area (Å²) in [6.45, 7) is 7.82. The Morgan fingerprint density at radius 2 is 2.06 bits per heavy atom. The fraction of sp³-hybridized carbons (Fsp3) is 0.571. The third kappa shape index (κ3) is 2.76. The molecule has 0 bridgehead atoms. The Balaban J connectivity index is 2.02. The molecule has 1 fully saturated rings. The van der Waals surface area contributed by atoms with E-state index in [0.29, 0.717) is 6.04 Å². The molecular formula is C14H22N2. The van der Waals surface area contributed by atoms with Crippen molar-refractivity contribution in [1.29, 1.82) is 0 Å².